The maximum atomic E-state index is 6.15. The minimum absolute atomic E-state index is 0.195. The highest BCUT2D eigenvalue weighted by Crippen LogP contribution is 2.30. The molecule has 3 heteroatoms. The number of rotatable bonds is 4. The molecule has 0 spiro atoms. The van der Waals surface area contributed by atoms with E-state index < -0.39 is 0 Å². The predicted molar refractivity (Wildman–Crippen MR) is 83.6 cm³/mol. The molecule has 1 aromatic carbocycles. The van der Waals surface area contributed by atoms with Gasteiger partial charge in [0.15, 0.2) is 0 Å². The summed E-state index contributed by atoms with van der Waals surface area (Å²) in [5.74, 6) is 0.973. The lowest BCUT2D eigenvalue weighted by Crippen LogP contribution is -2.18. The molecule has 1 atom stereocenters. The average molecular weight is 326 g/mol. The van der Waals surface area contributed by atoms with Crippen LogP contribution in [0.5, 0.6) is 5.75 Å². The third-order valence-corrected chi connectivity index (χ3v) is 4.27. The molecule has 0 heterocycles. The lowest BCUT2D eigenvalue weighted by atomic mass is 10.1. The van der Waals surface area contributed by atoms with Crippen LogP contribution >= 0.6 is 15.9 Å². The summed E-state index contributed by atoms with van der Waals surface area (Å²) in [6.07, 6.45) is 8.97. The van der Waals surface area contributed by atoms with Gasteiger partial charge in [-0.1, -0.05) is 18.9 Å². The molecule has 0 aliphatic heterocycles. The minimum Gasteiger partial charge on any atom is -0.489 e. The van der Waals surface area contributed by atoms with Crippen molar-refractivity contribution < 1.29 is 4.74 Å². The van der Waals surface area contributed by atoms with Gasteiger partial charge >= 0.3 is 0 Å². The molecule has 0 amide bonds. The van der Waals surface area contributed by atoms with Crippen molar-refractivity contribution in [3.05, 3.63) is 28.2 Å². The van der Waals surface area contributed by atoms with E-state index in [2.05, 4.69) is 34.1 Å². The number of nitrogens with two attached hydrogens (primary N) is 1. The second kappa shape index (κ2) is 7.30. The van der Waals surface area contributed by atoms with Gasteiger partial charge in [0.1, 0.15) is 5.75 Å². The Bertz CT molecular complexity index is 398. The molecule has 2 nitrogen and oxygen atoms in total. The summed E-state index contributed by atoms with van der Waals surface area (Å²) < 4.78 is 7.20. The Morgan fingerprint density at radius 1 is 1.26 bits per heavy atom. The second-order valence-corrected chi connectivity index (χ2v) is 6.53. The van der Waals surface area contributed by atoms with Crippen molar-refractivity contribution in [1.82, 2.24) is 0 Å². The molecule has 1 aromatic rings. The van der Waals surface area contributed by atoms with Gasteiger partial charge in [-0.05, 0) is 72.7 Å². The lowest BCUT2D eigenvalue weighted by molar-refractivity contribution is 0.182. The summed E-state index contributed by atoms with van der Waals surface area (Å²) in [4.78, 5) is 0. The first-order chi connectivity index (χ1) is 9.15. The highest BCUT2D eigenvalue weighted by molar-refractivity contribution is 9.10. The molecule has 2 rings (SSSR count). The standard InChI is InChI=1S/C16H24BrNO/c1-12(18)10-13-8-9-16(15(17)11-13)19-14-6-4-2-3-5-7-14/h8-9,11-12,14H,2-7,10,18H2,1H3. The molecular formula is C16H24BrNO. The molecule has 1 aliphatic rings. The van der Waals surface area contributed by atoms with Crippen LogP contribution in [0.15, 0.2) is 22.7 Å². The molecule has 1 fully saturated rings. The second-order valence-electron chi connectivity index (χ2n) is 5.68. The molecule has 1 aliphatic carbocycles. The van der Waals surface area contributed by atoms with Gasteiger partial charge in [0, 0.05) is 6.04 Å². The van der Waals surface area contributed by atoms with Gasteiger partial charge in [-0.15, -0.1) is 0 Å². The van der Waals surface area contributed by atoms with Gasteiger partial charge in [-0.2, -0.15) is 0 Å². The molecule has 1 unspecified atom stereocenters. The summed E-state index contributed by atoms with van der Waals surface area (Å²) in [5.41, 5.74) is 7.09. The van der Waals surface area contributed by atoms with Crippen LogP contribution in [0.4, 0.5) is 0 Å². The first-order valence-corrected chi connectivity index (χ1v) is 8.15. The zero-order chi connectivity index (χ0) is 13.7. The minimum atomic E-state index is 0.195. The van der Waals surface area contributed by atoms with Gasteiger partial charge in [-0.3, -0.25) is 0 Å². The summed E-state index contributed by atoms with van der Waals surface area (Å²) in [7, 11) is 0. The van der Waals surface area contributed by atoms with Gasteiger partial charge in [0.2, 0.25) is 0 Å². The molecule has 2 N–H and O–H groups in total. The van der Waals surface area contributed by atoms with Crippen LogP contribution in [-0.4, -0.2) is 12.1 Å². The largest absolute Gasteiger partial charge is 0.489 e. The molecular weight excluding hydrogens is 302 g/mol. The predicted octanol–water partition coefficient (Wildman–Crippen LogP) is 4.44. The van der Waals surface area contributed by atoms with Gasteiger partial charge in [0.25, 0.3) is 0 Å². The van der Waals surface area contributed by atoms with E-state index in [1.807, 2.05) is 6.92 Å². The van der Waals surface area contributed by atoms with Crippen molar-refractivity contribution >= 4 is 15.9 Å². The van der Waals surface area contributed by atoms with Crippen LogP contribution in [0.1, 0.15) is 51.0 Å². The summed E-state index contributed by atoms with van der Waals surface area (Å²) in [6, 6.07) is 6.53. The zero-order valence-electron chi connectivity index (χ0n) is 11.7. The van der Waals surface area contributed by atoms with Crippen LogP contribution in [0.2, 0.25) is 0 Å². The SMILES string of the molecule is CC(N)Cc1ccc(OC2CCCCCC2)c(Br)c1. The Hall–Kier alpha value is -0.540. The van der Waals surface area contributed by atoms with Crippen LogP contribution in [-0.2, 0) is 6.42 Å². The van der Waals surface area contributed by atoms with Crippen LogP contribution in [0, 0.1) is 0 Å². The Morgan fingerprint density at radius 2 is 1.95 bits per heavy atom. The van der Waals surface area contributed by atoms with E-state index in [4.69, 9.17) is 10.5 Å². The number of halogens is 1. The molecule has 1 saturated carbocycles. The highest BCUT2D eigenvalue weighted by atomic mass is 79.9. The normalized spacial score (nSPS) is 18.9. The fraction of sp³-hybridized carbons (Fsp3) is 0.625. The van der Waals surface area contributed by atoms with Crippen molar-refractivity contribution in [2.45, 2.75) is 64.0 Å². The first kappa shape index (κ1) is 14.9. The van der Waals surface area contributed by atoms with Gasteiger partial charge in [-0.25, -0.2) is 0 Å². The molecule has 0 aromatic heterocycles. The van der Waals surface area contributed by atoms with Crippen molar-refractivity contribution in [1.29, 1.82) is 0 Å². The fourth-order valence-electron chi connectivity index (χ4n) is 2.68. The Morgan fingerprint density at radius 3 is 2.53 bits per heavy atom. The van der Waals surface area contributed by atoms with Crippen molar-refractivity contribution in [2.75, 3.05) is 0 Å². The molecule has 0 radical (unpaired) electrons. The molecule has 0 saturated heterocycles. The smallest absolute Gasteiger partial charge is 0.133 e. The third-order valence-electron chi connectivity index (χ3n) is 3.65. The molecule has 19 heavy (non-hydrogen) atoms. The number of hydrogen-bond acceptors (Lipinski definition) is 2. The van der Waals surface area contributed by atoms with E-state index in [0.717, 1.165) is 16.6 Å². The summed E-state index contributed by atoms with van der Waals surface area (Å²) in [6.45, 7) is 2.03. The topological polar surface area (TPSA) is 35.2 Å². The van der Waals surface area contributed by atoms with Crippen LogP contribution < -0.4 is 10.5 Å². The Kier molecular flexibility index (Phi) is 5.71. The first-order valence-electron chi connectivity index (χ1n) is 7.36. The van der Waals surface area contributed by atoms with E-state index >= 15 is 0 Å². The van der Waals surface area contributed by atoms with Crippen LogP contribution in [0.25, 0.3) is 0 Å². The number of hydrogen-bond donors (Lipinski definition) is 1. The van der Waals surface area contributed by atoms with Crippen molar-refractivity contribution in [2.24, 2.45) is 5.73 Å². The lowest BCUT2D eigenvalue weighted by Gasteiger charge is -2.18. The van der Waals surface area contributed by atoms with Gasteiger partial charge < -0.3 is 10.5 Å². The van der Waals surface area contributed by atoms with E-state index in [9.17, 15) is 0 Å². The molecule has 106 valence electrons. The maximum Gasteiger partial charge on any atom is 0.133 e. The quantitative estimate of drug-likeness (QED) is 0.830. The van der Waals surface area contributed by atoms with E-state index in [1.54, 1.807) is 0 Å². The molecule has 0 bridgehead atoms. The third kappa shape index (κ3) is 4.81. The van der Waals surface area contributed by atoms with E-state index in [-0.39, 0.29) is 6.04 Å². The van der Waals surface area contributed by atoms with Crippen LogP contribution in [0.3, 0.4) is 0 Å². The number of benzene rings is 1. The average Bonchev–Trinajstić information content (AvgIpc) is 2.60. The van der Waals surface area contributed by atoms with E-state index in [1.165, 1.54) is 44.1 Å². The van der Waals surface area contributed by atoms with Crippen molar-refractivity contribution in [3.63, 3.8) is 0 Å². The fourth-order valence-corrected chi connectivity index (χ4v) is 3.20. The monoisotopic (exact) mass is 325 g/mol. The van der Waals surface area contributed by atoms with E-state index in [0.29, 0.717) is 6.10 Å². The Labute approximate surface area is 124 Å². The van der Waals surface area contributed by atoms with Gasteiger partial charge in [0.05, 0.1) is 10.6 Å². The highest BCUT2D eigenvalue weighted by Gasteiger charge is 2.15. The van der Waals surface area contributed by atoms with Crippen molar-refractivity contribution in [3.8, 4) is 5.75 Å². The Balaban J connectivity index is 1.99. The maximum absolute atomic E-state index is 6.15. The summed E-state index contributed by atoms with van der Waals surface area (Å²) >= 11 is 3.62. The summed E-state index contributed by atoms with van der Waals surface area (Å²) in [5, 5.41) is 0. The number of ether oxygens (including phenoxy) is 1. The zero-order valence-corrected chi connectivity index (χ0v) is 13.3.